The summed E-state index contributed by atoms with van der Waals surface area (Å²) in [6, 6.07) is 0.651. The second kappa shape index (κ2) is 3.77. The van der Waals surface area contributed by atoms with E-state index in [0.29, 0.717) is 6.04 Å². The highest BCUT2D eigenvalue weighted by atomic mass is 16.5. The van der Waals surface area contributed by atoms with Gasteiger partial charge in [0.15, 0.2) is 0 Å². The van der Waals surface area contributed by atoms with Gasteiger partial charge in [0, 0.05) is 25.0 Å². The molecule has 1 saturated heterocycles. The van der Waals surface area contributed by atoms with Gasteiger partial charge in [0.1, 0.15) is 0 Å². The summed E-state index contributed by atoms with van der Waals surface area (Å²) in [6.07, 6.45) is 8.78. The highest BCUT2D eigenvalue weighted by molar-refractivity contribution is 5.30. The van der Waals surface area contributed by atoms with Crippen molar-refractivity contribution in [3.63, 3.8) is 0 Å². The third-order valence-corrected chi connectivity index (χ3v) is 3.43. The molecule has 1 saturated carbocycles. The fourth-order valence-electron chi connectivity index (χ4n) is 2.31. The van der Waals surface area contributed by atoms with Gasteiger partial charge in [-0.2, -0.15) is 0 Å². The molecule has 1 aromatic rings. The van der Waals surface area contributed by atoms with E-state index in [0.717, 1.165) is 25.5 Å². The number of nitrogens with one attached hydrogen (secondary N) is 1. The molecule has 2 fully saturated rings. The normalized spacial score (nSPS) is 29.6. The van der Waals surface area contributed by atoms with E-state index in [1.54, 1.807) is 0 Å². The second-order valence-electron chi connectivity index (χ2n) is 5.20. The zero-order valence-electron chi connectivity index (χ0n) is 9.78. The SMILES string of the molecule is CC1(Cn2ccnc2NC2CC2)CCCO1. The number of ether oxygens (including phenoxy) is 1. The summed E-state index contributed by atoms with van der Waals surface area (Å²) in [5, 5.41) is 3.45. The molecule has 4 heteroatoms. The van der Waals surface area contributed by atoms with Crippen LogP contribution in [-0.2, 0) is 11.3 Å². The van der Waals surface area contributed by atoms with Gasteiger partial charge < -0.3 is 14.6 Å². The minimum Gasteiger partial charge on any atom is -0.373 e. The fraction of sp³-hybridized carbons (Fsp3) is 0.750. The minimum atomic E-state index is 0.000676. The first-order valence-corrected chi connectivity index (χ1v) is 6.17. The van der Waals surface area contributed by atoms with Crippen molar-refractivity contribution in [1.29, 1.82) is 0 Å². The van der Waals surface area contributed by atoms with Crippen LogP contribution in [0, 0.1) is 0 Å². The Labute approximate surface area is 96.0 Å². The van der Waals surface area contributed by atoms with Crippen LogP contribution < -0.4 is 5.32 Å². The van der Waals surface area contributed by atoms with Crippen molar-refractivity contribution in [1.82, 2.24) is 9.55 Å². The van der Waals surface area contributed by atoms with E-state index in [-0.39, 0.29) is 5.60 Å². The molecule has 1 aliphatic heterocycles. The highest BCUT2D eigenvalue weighted by Gasteiger charge is 2.31. The van der Waals surface area contributed by atoms with Crippen LogP contribution in [0.5, 0.6) is 0 Å². The Bertz CT molecular complexity index is 364. The van der Waals surface area contributed by atoms with Crippen LogP contribution in [0.3, 0.4) is 0 Å². The van der Waals surface area contributed by atoms with Gasteiger partial charge in [-0.1, -0.05) is 0 Å². The van der Waals surface area contributed by atoms with Gasteiger partial charge in [-0.25, -0.2) is 4.98 Å². The monoisotopic (exact) mass is 221 g/mol. The average Bonchev–Trinajstić information content (AvgIpc) is 2.81. The molecule has 1 aliphatic carbocycles. The molecular formula is C12H19N3O. The van der Waals surface area contributed by atoms with Crippen LogP contribution in [-0.4, -0.2) is 27.8 Å². The van der Waals surface area contributed by atoms with Gasteiger partial charge in [-0.15, -0.1) is 0 Å². The standard InChI is InChI=1S/C12H19N3O/c1-12(5-2-8-16-12)9-15-7-6-13-11(15)14-10-3-4-10/h6-7,10H,2-5,8-9H2,1H3,(H,13,14). The topological polar surface area (TPSA) is 39.1 Å². The molecule has 2 heterocycles. The van der Waals surface area contributed by atoms with E-state index in [9.17, 15) is 0 Å². The molecule has 0 spiro atoms. The summed E-state index contributed by atoms with van der Waals surface area (Å²) >= 11 is 0. The van der Waals surface area contributed by atoms with Crippen molar-refractivity contribution in [2.75, 3.05) is 11.9 Å². The first-order chi connectivity index (χ1) is 7.75. The maximum Gasteiger partial charge on any atom is 0.203 e. The number of anilines is 1. The van der Waals surface area contributed by atoms with Crippen LogP contribution in [0.25, 0.3) is 0 Å². The van der Waals surface area contributed by atoms with Gasteiger partial charge in [-0.3, -0.25) is 0 Å². The van der Waals surface area contributed by atoms with Crippen LogP contribution in [0.1, 0.15) is 32.6 Å². The van der Waals surface area contributed by atoms with E-state index in [4.69, 9.17) is 4.74 Å². The van der Waals surface area contributed by atoms with Crippen LogP contribution in [0.2, 0.25) is 0 Å². The van der Waals surface area contributed by atoms with E-state index in [2.05, 4.69) is 21.8 Å². The number of aromatic nitrogens is 2. The lowest BCUT2D eigenvalue weighted by molar-refractivity contribution is 0.00663. The third-order valence-electron chi connectivity index (χ3n) is 3.43. The Balaban J connectivity index is 1.70. The molecule has 1 unspecified atom stereocenters. The lowest BCUT2D eigenvalue weighted by Crippen LogP contribution is -2.30. The Hall–Kier alpha value is -1.03. The predicted molar refractivity (Wildman–Crippen MR) is 62.5 cm³/mol. The van der Waals surface area contributed by atoms with Gasteiger partial charge in [0.05, 0.1) is 12.1 Å². The summed E-state index contributed by atoms with van der Waals surface area (Å²) in [5.41, 5.74) is 0.000676. The summed E-state index contributed by atoms with van der Waals surface area (Å²) < 4.78 is 8.00. The Morgan fingerprint density at radius 3 is 3.19 bits per heavy atom. The predicted octanol–water partition coefficient (Wildman–Crippen LogP) is 2.03. The molecule has 4 nitrogen and oxygen atoms in total. The fourth-order valence-corrected chi connectivity index (χ4v) is 2.31. The molecule has 1 N–H and O–H groups in total. The highest BCUT2D eigenvalue weighted by Crippen LogP contribution is 2.29. The molecule has 0 amide bonds. The molecule has 88 valence electrons. The van der Waals surface area contributed by atoms with E-state index >= 15 is 0 Å². The van der Waals surface area contributed by atoms with Crippen LogP contribution in [0.4, 0.5) is 5.95 Å². The lowest BCUT2D eigenvalue weighted by atomic mass is 10.0. The van der Waals surface area contributed by atoms with Crippen molar-refractivity contribution in [2.24, 2.45) is 0 Å². The molecule has 0 bridgehead atoms. The number of hydrogen-bond donors (Lipinski definition) is 1. The van der Waals surface area contributed by atoms with Crippen LogP contribution in [0.15, 0.2) is 12.4 Å². The van der Waals surface area contributed by atoms with E-state index in [1.165, 1.54) is 19.3 Å². The van der Waals surface area contributed by atoms with Gasteiger partial charge in [0.25, 0.3) is 0 Å². The zero-order valence-corrected chi connectivity index (χ0v) is 9.78. The van der Waals surface area contributed by atoms with Gasteiger partial charge in [-0.05, 0) is 32.6 Å². The first-order valence-electron chi connectivity index (χ1n) is 6.17. The summed E-state index contributed by atoms with van der Waals surface area (Å²) in [6.45, 7) is 4.00. The van der Waals surface area contributed by atoms with Gasteiger partial charge in [0.2, 0.25) is 5.95 Å². The largest absolute Gasteiger partial charge is 0.373 e. The summed E-state index contributed by atoms with van der Waals surface area (Å²) in [5.74, 6) is 0.999. The average molecular weight is 221 g/mol. The van der Waals surface area contributed by atoms with E-state index in [1.807, 2.05) is 12.4 Å². The van der Waals surface area contributed by atoms with Crippen molar-refractivity contribution < 1.29 is 4.74 Å². The smallest absolute Gasteiger partial charge is 0.203 e. The van der Waals surface area contributed by atoms with Gasteiger partial charge >= 0.3 is 0 Å². The van der Waals surface area contributed by atoms with Crippen LogP contribution >= 0.6 is 0 Å². The van der Waals surface area contributed by atoms with Crippen molar-refractivity contribution in [3.8, 4) is 0 Å². The maximum atomic E-state index is 5.81. The summed E-state index contributed by atoms with van der Waals surface area (Å²) in [7, 11) is 0. The molecule has 1 aromatic heterocycles. The van der Waals surface area contributed by atoms with Crippen molar-refractivity contribution in [2.45, 2.75) is 50.8 Å². The molecule has 1 atom stereocenters. The number of imidazole rings is 1. The number of nitrogens with zero attached hydrogens (tertiary/aromatic N) is 2. The number of rotatable bonds is 4. The van der Waals surface area contributed by atoms with Crippen molar-refractivity contribution in [3.05, 3.63) is 12.4 Å². The Morgan fingerprint density at radius 2 is 2.50 bits per heavy atom. The maximum absolute atomic E-state index is 5.81. The summed E-state index contributed by atoms with van der Waals surface area (Å²) in [4.78, 5) is 4.37. The second-order valence-corrected chi connectivity index (χ2v) is 5.20. The molecule has 0 aromatic carbocycles. The molecular weight excluding hydrogens is 202 g/mol. The van der Waals surface area contributed by atoms with Crippen molar-refractivity contribution >= 4 is 5.95 Å². The molecule has 3 rings (SSSR count). The molecule has 0 radical (unpaired) electrons. The Morgan fingerprint density at radius 1 is 1.62 bits per heavy atom. The zero-order chi connectivity index (χ0) is 11.0. The molecule has 2 aliphatic rings. The minimum absolute atomic E-state index is 0.000676. The lowest BCUT2D eigenvalue weighted by Gasteiger charge is -2.24. The number of hydrogen-bond acceptors (Lipinski definition) is 3. The third kappa shape index (κ3) is 2.07. The first kappa shape index (κ1) is 10.1. The van der Waals surface area contributed by atoms with E-state index < -0.39 is 0 Å². The Kier molecular flexibility index (Phi) is 2.39. The molecule has 16 heavy (non-hydrogen) atoms. The quantitative estimate of drug-likeness (QED) is 0.845.